The zero-order valence-electron chi connectivity index (χ0n) is 17.0. The van der Waals surface area contributed by atoms with E-state index in [0.29, 0.717) is 6.61 Å². The van der Waals surface area contributed by atoms with Gasteiger partial charge in [-0.25, -0.2) is 0 Å². The third-order valence-corrected chi connectivity index (χ3v) is 5.53. The van der Waals surface area contributed by atoms with Crippen LogP contribution in [-0.2, 0) is 14.9 Å². The molecule has 3 heteroatoms. The van der Waals surface area contributed by atoms with Crippen LogP contribution in [0, 0.1) is 5.92 Å². The standard InChI is InChI=1S/C24H34O3/c1-4-10-19(11-5-2)12-9-17-27-23(26)24(3,18-25)22-16-8-14-20-13-6-7-15-21(20)22/h6-8,13-16,19,25H,4-5,9-12,17-18H2,1-3H3/t24-/m1/s1. The molecule has 1 atom stereocenters. The zero-order chi connectivity index (χ0) is 19.7. The van der Waals surface area contributed by atoms with Crippen molar-refractivity contribution in [3.05, 3.63) is 48.0 Å². The first-order valence-electron chi connectivity index (χ1n) is 10.3. The van der Waals surface area contributed by atoms with Crippen molar-refractivity contribution in [3.8, 4) is 0 Å². The molecule has 0 spiro atoms. The van der Waals surface area contributed by atoms with Crippen LogP contribution < -0.4 is 0 Å². The Morgan fingerprint density at radius 3 is 2.37 bits per heavy atom. The van der Waals surface area contributed by atoms with Crippen LogP contribution in [0.1, 0.15) is 64.9 Å². The van der Waals surface area contributed by atoms with E-state index in [-0.39, 0.29) is 12.6 Å². The summed E-state index contributed by atoms with van der Waals surface area (Å²) in [5.74, 6) is 0.380. The van der Waals surface area contributed by atoms with E-state index < -0.39 is 5.41 Å². The highest BCUT2D eigenvalue weighted by Gasteiger charge is 2.37. The Bertz CT molecular complexity index is 713. The Hall–Kier alpha value is -1.87. The topological polar surface area (TPSA) is 46.5 Å². The number of hydrogen-bond donors (Lipinski definition) is 1. The molecule has 0 saturated heterocycles. The van der Waals surface area contributed by atoms with Crippen LogP contribution in [0.5, 0.6) is 0 Å². The number of carbonyl (C=O) groups is 1. The molecule has 0 fully saturated rings. The summed E-state index contributed by atoms with van der Waals surface area (Å²) in [6, 6.07) is 13.8. The molecule has 0 unspecified atom stereocenters. The maximum absolute atomic E-state index is 12.9. The lowest BCUT2D eigenvalue weighted by Crippen LogP contribution is -2.38. The van der Waals surface area contributed by atoms with Crippen LogP contribution in [-0.4, -0.2) is 24.3 Å². The van der Waals surface area contributed by atoms with E-state index in [4.69, 9.17) is 4.74 Å². The Balaban J connectivity index is 2.04. The summed E-state index contributed by atoms with van der Waals surface area (Å²) in [6.07, 6.45) is 6.87. The van der Waals surface area contributed by atoms with Gasteiger partial charge in [0.1, 0.15) is 5.41 Å². The normalized spacial score (nSPS) is 13.7. The Morgan fingerprint density at radius 2 is 1.70 bits per heavy atom. The van der Waals surface area contributed by atoms with Crippen molar-refractivity contribution in [2.75, 3.05) is 13.2 Å². The molecule has 27 heavy (non-hydrogen) atoms. The molecule has 0 heterocycles. The van der Waals surface area contributed by atoms with Crippen molar-refractivity contribution in [1.29, 1.82) is 0 Å². The van der Waals surface area contributed by atoms with Crippen LogP contribution in [0.4, 0.5) is 0 Å². The van der Waals surface area contributed by atoms with Gasteiger partial charge in [0.15, 0.2) is 0 Å². The fraction of sp³-hybridized carbons (Fsp3) is 0.542. The molecule has 0 radical (unpaired) electrons. The lowest BCUT2D eigenvalue weighted by molar-refractivity contribution is -0.151. The predicted molar refractivity (Wildman–Crippen MR) is 112 cm³/mol. The molecule has 0 aliphatic heterocycles. The van der Waals surface area contributed by atoms with Gasteiger partial charge < -0.3 is 9.84 Å². The van der Waals surface area contributed by atoms with Crippen molar-refractivity contribution in [3.63, 3.8) is 0 Å². The van der Waals surface area contributed by atoms with Crippen LogP contribution >= 0.6 is 0 Å². The molecule has 0 bridgehead atoms. The second-order valence-electron chi connectivity index (χ2n) is 7.74. The van der Waals surface area contributed by atoms with Gasteiger partial charge in [0.2, 0.25) is 0 Å². The molecule has 0 aliphatic carbocycles. The number of rotatable bonds is 11. The van der Waals surface area contributed by atoms with Crippen molar-refractivity contribution < 1.29 is 14.6 Å². The van der Waals surface area contributed by atoms with Crippen molar-refractivity contribution >= 4 is 16.7 Å². The highest BCUT2D eigenvalue weighted by atomic mass is 16.5. The fourth-order valence-corrected chi connectivity index (χ4v) is 3.91. The van der Waals surface area contributed by atoms with Crippen molar-refractivity contribution in [2.24, 2.45) is 5.92 Å². The summed E-state index contributed by atoms with van der Waals surface area (Å²) >= 11 is 0. The quantitative estimate of drug-likeness (QED) is 0.412. The molecule has 2 aromatic carbocycles. The summed E-state index contributed by atoms with van der Waals surface area (Å²) in [6.45, 7) is 6.37. The molecule has 0 amide bonds. The van der Waals surface area contributed by atoms with Gasteiger partial charge in [0.25, 0.3) is 0 Å². The minimum absolute atomic E-state index is 0.270. The fourth-order valence-electron chi connectivity index (χ4n) is 3.91. The summed E-state index contributed by atoms with van der Waals surface area (Å²) < 4.78 is 5.61. The molecular weight excluding hydrogens is 336 g/mol. The highest BCUT2D eigenvalue weighted by Crippen LogP contribution is 2.32. The summed E-state index contributed by atoms with van der Waals surface area (Å²) in [7, 11) is 0. The number of aliphatic hydroxyl groups is 1. The van der Waals surface area contributed by atoms with E-state index in [1.165, 1.54) is 25.7 Å². The molecule has 3 nitrogen and oxygen atoms in total. The lowest BCUT2D eigenvalue weighted by atomic mass is 9.80. The zero-order valence-corrected chi connectivity index (χ0v) is 17.0. The van der Waals surface area contributed by atoms with Gasteiger partial charge in [-0.2, -0.15) is 0 Å². The first kappa shape index (κ1) is 21.4. The summed E-state index contributed by atoms with van der Waals surface area (Å²) in [5.41, 5.74) is -0.226. The molecule has 148 valence electrons. The minimum Gasteiger partial charge on any atom is -0.465 e. The third-order valence-electron chi connectivity index (χ3n) is 5.53. The van der Waals surface area contributed by atoms with E-state index in [1.807, 2.05) is 42.5 Å². The molecule has 2 aromatic rings. The number of benzene rings is 2. The lowest BCUT2D eigenvalue weighted by Gasteiger charge is -2.27. The van der Waals surface area contributed by atoms with Gasteiger partial charge >= 0.3 is 5.97 Å². The second kappa shape index (κ2) is 10.5. The van der Waals surface area contributed by atoms with E-state index >= 15 is 0 Å². The highest BCUT2D eigenvalue weighted by molar-refractivity contribution is 5.93. The molecule has 0 saturated carbocycles. The number of fused-ring (bicyclic) bond motifs is 1. The van der Waals surface area contributed by atoms with E-state index in [0.717, 1.165) is 35.1 Å². The molecular formula is C24H34O3. The van der Waals surface area contributed by atoms with Gasteiger partial charge in [-0.1, -0.05) is 82.0 Å². The smallest absolute Gasteiger partial charge is 0.318 e. The monoisotopic (exact) mass is 370 g/mol. The predicted octanol–water partition coefficient (Wildman–Crippen LogP) is 5.63. The van der Waals surface area contributed by atoms with E-state index in [9.17, 15) is 9.90 Å². The van der Waals surface area contributed by atoms with Crippen LogP contribution in [0.3, 0.4) is 0 Å². The first-order valence-corrected chi connectivity index (χ1v) is 10.3. The van der Waals surface area contributed by atoms with Crippen LogP contribution in [0.2, 0.25) is 0 Å². The van der Waals surface area contributed by atoms with E-state index in [2.05, 4.69) is 13.8 Å². The third kappa shape index (κ3) is 5.32. The van der Waals surface area contributed by atoms with Gasteiger partial charge in [-0.15, -0.1) is 0 Å². The molecule has 1 N–H and O–H groups in total. The number of aliphatic hydroxyl groups excluding tert-OH is 1. The Labute approximate surface area is 163 Å². The number of carbonyl (C=O) groups excluding carboxylic acids is 1. The second-order valence-corrected chi connectivity index (χ2v) is 7.74. The maximum Gasteiger partial charge on any atom is 0.318 e. The van der Waals surface area contributed by atoms with Gasteiger partial charge in [0.05, 0.1) is 13.2 Å². The summed E-state index contributed by atoms with van der Waals surface area (Å²) in [5, 5.41) is 12.1. The van der Waals surface area contributed by atoms with Gasteiger partial charge in [0, 0.05) is 0 Å². The Morgan fingerprint density at radius 1 is 1.04 bits per heavy atom. The van der Waals surface area contributed by atoms with Gasteiger partial charge in [-0.05, 0) is 42.0 Å². The number of hydrogen-bond acceptors (Lipinski definition) is 3. The minimum atomic E-state index is -1.05. The average molecular weight is 371 g/mol. The SMILES string of the molecule is CCCC(CCC)CCCOC(=O)[C@](C)(CO)c1cccc2ccccc12. The number of esters is 1. The number of ether oxygens (including phenoxy) is 1. The molecule has 0 aliphatic rings. The molecule has 2 rings (SSSR count). The largest absolute Gasteiger partial charge is 0.465 e. The van der Waals surface area contributed by atoms with Crippen molar-refractivity contribution in [2.45, 2.75) is 64.7 Å². The van der Waals surface area contributed by atoms with Crippen molar-refractivity contribution in [1.82, 2.24) is 0 Å². The van der Waals surface area contributed by atoms with E-state index in [1.54, 1.807) is 6.92 Å². The Kier molecular flexibility index (Phi) is 8.30. The maximum atomic E-state index is 12.9. The van der Waals surface area contributed by atoms with Crippen LogP contribution in [0.25, 0.3) is 10.8 Å². The van der Waals surface area contributed by atoms with Gasteiger partial charge in [-0.3, -0.25) is 4.79 Å². The first-order chi connectivity index (χ1) is 13.1. The summed E-state index contributed by atoms with van der Waals surface area (Å²) in [4.78, 5) is 12.9. The van der Waals surface area contributed by atoms with Crippen LogP contribution in [0.15, 0.2) is 42.5 Å². The molecule has 0 aromatic heterocycles. The average Bonchev–Trinajstić information content (AvgIpc) is 2.70.